The molecule has 0 bridgehead atoms. The van der Waals surface area contributed by atoms with Crippen molar-refractivity contribution in [1.82, 2.24) is 5.32 Å². The maximum atomic E-state index is 11.5. The van der Waals surface area contributed by atoms with Crippen molar-refractivity contribution >= 4 is 12.1 Å². The second-order valence-electron chi connectivity index (χ2n) is 4.48. The molecule has 1 atom stereocenters. The zero-order valence-corrected chi connectivity index (χ0v) is 10.9. The highest BCUT2D eigenvalue weighted by Gasteiger charge is 2.25. The quantitative estimate of drug-likeness (QED) is 0.593. The average Bonchev–Trinajstić information content (AvgIpc) is 2.22. The van der Waals surface area contributed by atoms with Crippen LogP contribution in [0, 0.1) is 11.3 Å². The number of nitrogens with zero attached hydrogens (tertiary/aromatic N) is 1. The lowest BCUT2D eigenvalue weighted by molar-refractivity contribution is -0.144. The lowest BCUT2D eigenvalue weighted by atomic mass is 10.2. The minimum absolute atomic E-state index is 0.0246. The molecule has 0 fully saturated rings. The molecule has 6 heteroatoms. The van der Waals surface area contributed by atoms with Crippen LogP contribution in [0.25, 0.3) is 0 Å². The minimum Gasteiger partial charge on any atom is -0.460 e. The largest absolute Gasteiger partial charge is 0.460 e. The van der Waals surface area contributed by atoms with Crippen LogP contribution in [-0.4, -0.2) is 30.3 Å². The van der Waals surface area contributed by atoms with Gasteiger partial charge < -0.3 is 14.8 Å². The van der Waals surface area contributed by atoms with Gasteiger partial charge in [-0.05, 0) is 20.8 Å². The smallest absolute Gasteiger partial charge is 0.408 e. The summed E-state index contributed by atoms with van der Waals surface area (Å²) in [6, 6.07) is 0.759. The number of hydrogen-bond donors (Lipinski definition) is 1. The monoisotopic (exact) mass is 254 g/mol. The van der Waals surface area contributed by atoms with Crippen molar-refractivity contribution < 1.29 is 19.1 Å². The number of carbonyl (C=O) groups is 2. The Labute approximate surface area is 107 Å². The van der Waals surface area contributed by atoms with Crippen LogP contribution < -0.4 is 5.32 Å². The second-order valence-corrected chi connectivity index (χ2v) is 4.48. The number of ether oxygens (including phenoxy) is 2. The van der Waals surface area contributed by atoms with E-state index in [9.17, 15) is 9.59 Å². The number of amides is 1. The summed E-state index contributed by atoms with van der Waals surface area (Å²) in [5.41, 5.74) is -0.674. The summed E-state index contributed by atoms with van der Waals surface area (Å²) in [7, 11) is 0. The molecule has 6 nitrogen and oxygen atoms in total. The third-order valence-corrected chi connectivity index (χ3v) is 1.61. The van der Waals surface area contributed by atoms with Crippen molar-refractivity contribution in [1.29, 1.82) is 5.26 Å². The first-order valence-corrected chi connectivity index (χ1v) is 5.44. The molecule has 18 heavy (non-hydrogen) atoms. The van der Waals surface area contributed by atoms with E-state index in [-0.39, 0.29) is 13.0 Å². The van der Waals surface area contributed by atoms with Crippen molar-refractivity contribution in [2.75, 3.05) is 6.61 Å². The van der Waals surface area contributed by atoms with E-state index >= 15 is 0 Å². The number of carbonyl (C=O) groups excluding carboxylic acids is 2. The molecule has 0 aromatic carbocycles. The van der Waals surface area contributed by atoms with Gasteiger partial charge in [-0.1, -0.05) is 12.7 Å². The fourth-order valence-electron chi connectivity index (χ4n) is 0.976. The van der Waals surface area contributed by atoms with E-state index in [1.54, 1.807) is 26.8 Å². The maximum absolute atomic E-state index is 11.5. The topological polar surface area (TPSA) is 88.4 Å². The van der Waals surface area contributed by atoms with Gasteiger partial charge in [-0.15, -0.1) is 0 Å². The normalized spacial score (nSPS) is 11.9. The molecule has 100 valence electrons. The first-order valence-electron chi connectivity index (χ1n) is 5.44. The molecule has 0 saturated heterocycles. The number of hydrogen-bond acceptors (Lipinski definition) is 5. The molecule has 0 heterocycles. The van der Waals surface area contributed by atoms with Crippen LogP contribution in [0.4, 0.5) is 4.79 Å². The molecule has 0 saturated carbocycles. The van der Waals surface area contributed by atoms with Gasteiger partial charge in [0.25, 0.3) is 0 Å². The number of nitrogens with one attached hydrogen (secondary N) is 1. The molecule has 1 N–H and O–H groups in total. The number of nitriles is 1. The number of rotatable bonds is 5. The predicted molar refractivity (Wildman–Crippen MR) is 64.5 cm³/mol. The Balaban J connectivity index is 4.44. The van der Waals surface area contributed by atoms with E-state index in [0.717, 1.165) is 0 Å². The Morgan fingerprint density at radius 2 is 2.11 bits per heavy atom. The van der Waals surface area contributed by atoms with E-state index in [1.165, 1.54) is 6.08 Å². The van der Waals surface area contributed by atoms with Crippen LogP contribution in [-0.2, 0) is 14.3 Å². The van der Waals surface area contributed by atoms with Gasteiger partial charge in [0.1, 0.15) is 18.2 Å². The summed E-state index contributed by atoms with van der Waals surface area (Å²) in [6.07, 6.45) is 0.447. The predicted octanol–water partition coefficient (Wildman–Crippen LogP) is 1.52. The van der Waals surface area contributed by atoms with Crippen molar-refractivity contribution in [2.45, 2.75) is 38.8 Å². The number of alkyl carbamates (subject to hydrolysis) is 1. The van der Waals surface area contributed by atoms with Crippen LogP contribution in [0.5, 0.6) is 0 Å². The summed E-state index contributed by atoms with van der Waals surface area (Å²) in [4.78, 5) is 23.0. The fourth-order valence-corrected chi connectivity index (χ4v) is 0.976. The Kier molecular flexibility index (Phi) is 6.50. The Morgan fingerprint density at radius 3 is 2.56 bits per heavy atom. The lowest BCUT2D eigenvalue weighted by Crippen LogP contribution is -2.44. The zero-order valence-electron chi connectivity index (χ0n) is 10.9. The van der Waals surface area contributed by atoms with Crippen LogP contribution >= 0.6 is 0 Å². The Bertz CT molecular complexity index is 352. The van der Waals surface area contributed by atoms with Gasteiger partial charge in [-0.3, -0.25) is 0 Å². The summed E-state index contributed by atoms with van der Waals surface area (Å²) < 4.78 is 9.74. The molecule has 0 unspecified atom stereocenters. The molecular formula is C12H18N2O4. The molecule has 0 spiro atoms. The van der Waals surface area contributed by atoms with Gasteiger partial charge in [0.15, 0.2) is 0 Å². The summed E-state index contributed by atoms with van der Waals surface area (Å²) in [5.74, 6) is -0.692. The molecule has 0 aliphatic heterocycles. The third kappa shape index (κ3) is 7.28. The maximum Gasteiger partial charge on any atom is 0.408 e. The van der Waals surface area contributed by atoms with Crippen molar-refractivity contribution in [3.63, 3.8) is 0 Å². The first-order chi connectivity index (χ1) is 8.30. The number of esters is 1. The second kappa shape index (κ2) is 7.33. The summed E-state index contributed by atoms with van der Waals surface area (Å²) in [6.45, 7) is 8.51. The van der Waals surface area contributed by atoms with Crippen molar-refractivity contribution in [3.8, 4) is 6.07 Å². The van der Waals surface area contributed by atoms with Crippen LogP contribution in [0.2, 0.25) is 0 Å². The lowest BCUT2D eigenvalue weighted by Gasteiger charge is -2.21. The molecule has 0 radical (unpaired) electrons. The van der Waals surface area contributed by atoms with E-state index in [4.69, 9.17) is 14.7 Å². The van der Waals surface area contributed by atoms with E-state index in [2.05, 4.69) is 11.9 Å². The zero-order chi connectivity index (χ0) is 14.2. The first kappa shape index (κ1) is 16.0. The fraction of sp³-hybridized carbons (Fsp3) is 0.583. The molecule has 0 aromatic rings. The third-order valence-electron chi connectivity index (χ3n) is 1.61. The van der Waals surface area contributed by atoms with Gasteiger partial charge in [0, 0.05) is 0 Å². The Hall–Kier alpha value is -2.03. The van der Waals surface area contributed by atoms with E-state index < -0.39 is 23.7 Å². The van der Waals surface area contributed by atoms with Crippen LogP contribution in [0.1, 0.15) is 27.2 Å². The summed E-state index contributed by atoms with van der Waals surface area (Å²) in [5, 5.41) is 10.9. The van der Waals surface area contributed by atoms with Crippen molar-refractivity contribution in [2.24, 2.45) is 0 Å². The van der Waals surface area contributed by atoms with Gasteiger partial charge in [0.05, 0.1) is 12.5 Å². The van der Waals surface area contributed by atoms with Crippen molar-refractivity contribution in [3.05, 3.63) is 12.7 Å². The van der Waals surface area contributed by atoms with Crippen LogP contribution in [0.3, 0.4) is 0 Å². The molecule has 1 amide bonds. The average molecular weight is 254 g/mol. The van der Waals surface area contributed by atoms with E-state index in [1.807, 2.05) is 0 Å². The SMILES string of the molecule is C=CCOC(=O)[C@H](CC#N)NC(=O)OC(C)(C)C. The molecule has 0 aliphatic rings. The molecule has 0 aliphatic carbocycles. The minimum atomic E-state index is -1.04. The highest BCUT2D eigenvalue weighted by atomic mass is 16.6. The molecule has 0 aromatic heterocycles. The van der Waals surface area contributed by atoms with Crippen LogP contribution in [0.15, 0.2) is 12.7 Å². The Morgan fingerprint density at radius 1 is 1.50 bits per heavy atom. The molecular weight excluding hydrogens is 236 g/mol. The summed E-state index contributed by atoms with van der Waals surface area (Å²) >= 11 is 0. The van der Waals surface area contributed by atoms with Gasteiger partial charge in [-0.2, -0.15) is 5.26 Å². The highest BCUT2D eigenvalue weighted by molar-refractivity contribution is 5.81. The molecule has 0 rings (SSSR count). The standard InChI is InChI=1S/C12H18N2O4/c1-5-8-17-10(15)9(6-7-13)14-11(16)18-12(2,3)4/h5,9H,1,6,8H2,2-4H3,(H,14,16)/t9-/m0/s1. The highest BCUT2D eigenvalue weighted by Crippen LogP contribution is 2.07. The van der Waals surface area contributed by atoms with E-state index in [0.29, 0.717) is 0 Å². The van der Waals surface area contributed by atoms with Gasteiger partial charge in [-0.25, -0.2) is 9.59 Å². The van der Waals surface area contributed by atoms with Gasteiger partial charge in [0.2, 0.25) is 0 Å². The van der Waals surface area contributed by atoms with Gasteiger partial charge >= 0.3 is 12.1 Å².